The molecule has 0 bridgehead atoms. The Bertz CT molecular complexity index is 833. The standard InChI is InChI=1S/C18H14ClF2N3/c19-13-3-1-12(2-4-13)17-18(24-6-5-23-17)16(22)9-11-7-14(20)10-15(21)8-11/h1-8,10,16H,9,22H2. The third-order valence-electron chi connectivity index (χ3n) is 3.57. The molecule has 2 N–H and O–H groups in total. The minimum atomic E-state index is -0.630. The molecule has 122 valence electrons. The molecule has 0 aliphatic rings. The van der Waals surface area contributed by atoms with E-state index in [-0.39, 0.29) is 6.42 Å². The van der Waals surface area contributed by atoms with Gasteiger partial charge in [0.15, 0.2) is 0 Å². The van der Waals surface area contributed by atoms with E-state index in [4.69, 9.17) is 17.3 Å². The summed E-state index contributed by atoms with van der Waals surface area (Å²) in [5.41, 5.74) is 8.69. The number of rotatable bonds is 4. The normalized spacial score (nSPS) is 12.2. The average Bonchev–Trinajstić information content (AvgIpc) is 2.54. The zero-order valence-corrected chi connectivity index (χ0v) is 13.3. The van der Waals surface area contributed by atoms with Crippen LogP contribution >= 0.6 is 11.6 Å². The van der Waals surface area contributed by atoms with Crippen molar-refractivity contribution in [3.05, 3.63) is 82.8 Å². The van der Waals surface area contributed by atoms with Gasteiger partial charge in [-0.3, -0.25) is 9.97 Å². The molecule has 0 amide bonds. The molecule has 0 fully saturated rings. The molecular weight excluding hydrogens is 332 g/mol. The van der Waals surface area contributed by atoms with Crippen LogP contribution in [0.15, 0.2) is 54.9 Å². The molecule has 0 aliphatic carbocycles. The molecule has 2 aromatic carbocycles. The highest BCUT2D eigenvalue weighted by Crippen LogP contribution is 2.26. The van der Waals surface area contributed by atoms with E-state index in [1.165, 1.54) is 12.1 Å². The van der Waals surface area contributed by atoms with Crippen molar-refractivity contribution >= 4 is 11.6 Å². The van der Waals surface area contributed by atoms with Crippen LogP contribution in [0.1, 0.15) is 17.3 Å². The first kappa shape index (κ1) is 16.5. The SMILES string of the molecule is NC(Cc1cc(F)cc(F)c1)c1nccnc1-c1ccc(Cl)cc1. The maximum Gasteiger partial charge on any atom is 0.126 e. The molecule has 0 spiro atoms. The highest BCUT2D eigenvalue weighted by Gasteiger charge is 2.16. The maximum atomic E-state index is 13.3. The predicted molar refractivity (Wildman–Crippen MR) is 89.5 cm³/mol. The minimum absolute atomic E-state index is 0.244. The highest BCUT2D eigenvalue weighted by atomic mass is 35.5. The van der Waals surface area contributed by atoms with Crippen LogP contribution < -0.4 is 5.73 Å². The molecule has 3 rings (SSSR count). The van der Waals surface area contributed by atoms with Crippen molar-refractivity contribution in [2.45, 2.75) is 12.5 Å². The largest absolute Gasteiger partial charge is 0.322 e. The van der Waals surface area contributed by atoms with Gasteiger partial charge in [-0.2, -0.15) is 0 Å². The minimum Gasteiger partial charge on any atom is -0.322 e. The summed E-state index contributed by atoms with van der Waals surface area (Å²) in [4.78, 5) is 8.65. The van der Waals surface area contributed by atoms with Gasteiger partial charge in [0.05, 0.1) is 17.4 Å². The lowest BCUT2D eigenvalue weighted by Crippen LogP contribution is -2.17. The van der Waals surface area contributed by atoms with Crippen molar-refractivity contribution < 1.29 is 8.78 Å². The fourth-order valence-electron chi connectivity index (χ4n) is 2.53. The Labute approximate surface area is 143 Å². The summed E-state index contributed by atoms with van der Waals surface area (Å²) in [6, 6.07) is 9.96. The predicted octanol–water partition coefficient (Wildman–Crippen LogP) is 4.32. The van der Waals surface area contributed by atoms with Crippen LogP contribution in [0.25, 0.3) is 11.3 Å². The molecule has 1 atom stereocenters. The molecule has 0 saturated heterocycles. The summed E-state index contributed by atoms with van der Waals surface area (Å²) in [6.45, 7) is 0. The van der Waals surface area contributed by atoms with Gasteiger partial charge in [-0.05, 0) is 36.2 Å². The van der Waals surface area contributed by atoms with E-state index in [0.717, 1.165) is 11.6 Å². The fourth-order valence-corrected chi connectivity index (χ4v) is 2.66. The zero-order chi connectivity index (χ0) is 17.1. The second-order valence-electron chi connectivity index (χ2n) is 5.39. The summed E-state index contributed by atoms with van der Waals surface area (Å²) in [5.74, 6) is -1.26. The quantitative estimate of drug-likeness (QED) is 0.766. The van der Waals surface area contributed by atoms with Crippen LogP contribution in [0.5, 0.6) is 0 Å². The first-order valence-electron chi connectivity index (χ1n) is 7.30. The van der Waals surface area contributed by atoms with Gasteiger partial charge in [0.2, 0.25) is 0 Å². The molecule has 1 aromatic heterocycles. The lowest BCUT2D eigenvalue weighted by Gasteiger charge is -2.15. The van der Waals surface area contributed by atoms with Crippen LogP contribution in [-0.4, -0.2) is 9.97 Å². The number of halogens is 3. The molecule has 1 heterocycles. The van der Waals surface area contributed by atoms with Gasteiger partial charge in [-0.25, -0.2) is 8.78 Å². The van der Waals surface area contributed by atoms with Crippen LogP contribution in [0, 0.1) is 11.6 Å². The van der Waals surface area contributed by atoms with E-state index in [0.29, 0.717) is 22.0 Å². The Hall–Kier alpha value is -2.37. The molecule has 3 nitrogen and oxygen atoms in total. The number of nitrogens with two attached hydrogens (primary N) is 1. The van der Waals surface area contributed by atoms with Crippen LogP contribution in [0.3, 0.4) is 0 Å². The van der Waals surface area contributed by atoms with Gasteiger partial charge < -0.3 is 5.73 Å². The number of hydrogen-bond acceptors (Lipinski definition) is 3. The highest BCUT2D eigenvalue weighted by molar-refractivity contribution is 6.30. The smallest absolute Gasteiger partial charge is 0.126 e. The van der Waals surface area contributed by atoms with E-state index in [9.17, 15) is 8.78 Å². The van der Waals surface area contributed by atoms with Crippen LogP contribution in [-0.2, 0) is 6.42 Å². The van der Waals surface area contributed by atoms with Gasteiger partial charge >= 0.3 is 0 Å². The van der Waals surface area contributed by atoms with E-state index in [2.05, 4.69) is 9.97 Å². The zero-order valence-electron chi connectivity index (χ0n) is 12.6. The van der Waals surface area contributed by atoms with Crippen molar-refractivity contribution in [2.24, 2.45) is 5.73 Å². The summed E-state index contributed by atoms with van der Waals surface area (Å²) < 4.78 is 26.7. The Morgan fingerprint density at radius 1 is 0.958 bits per heavy atom. The number of hydrogen-bond donors (Lipinski definition) is 1. The van der Waals surface area contributed by atoms with E-state index < -0.39 is 17.7 Å². The number of aromatic nitrogens is 2. The van der Waals surface area contributed by atoms with Gasteiger partial charge in [-0.15, -0.1) is 0 Å². The average molecular weight is 346 g/mol. The first-order chi connectivity index (χ1) is 11.5. The summed E-state index contributed by atoms with van der Waals surface area (Å²) in [6.07, 6.45) is 3.36. The summed E-state index contributed by atoms with van der Waals surface area (Å²) in [7, 11) is 0. The summed E-state index contributed by atoms with van der Waals surface area (Å²) in [5, 5.41) is 0.615. The Kier molecular flexibility index (Phi) is 4.83. The third-order valence-corrected chi connectivity index (χ3v) is 3.83. The topological polar surface area (TPSA) is 51.8 Å². The lowest BCUT2D eigenvalue weighted by molar-refractivity contribution is 0.575. The molecule has 0 saturated carbocycles. The van der Waals surface area contributed by atoms with Crippen molar-refractivity contribution in [3.63, 3.8) is 0 Å². The van der Waals surface area contributed by atoms with Gasteiger partial charge in [0.1, 0.15) is 11.6 Å². The third kappa shape index (κ3) is 3.75. The first-order valence-corrected chi connectivity index (χ1v) is 7.68. The number of nitrogens with zero attached hydrogens (tertiary/aromatic N) is 2. The van der Waals surface area contributed by atoms with Crippen LogP contribution in [0.4, 0.5) is 8.78 Å². The maximum absolute atomic E-state index is 13.3. The lowest BCUT2D eigenvalue weighted by atomic mass is 9.99. The van der Waals surface area contributed by atoms with Crippen LogP contribution in [0.2, 0.25) is 5.02 Å². The molecular formula is C18H14ClF2N3. The molecule has 0 aliphatic heterocycles. The molecule has 6 heteroatoms. The number of benzene rings is 2. The molecule has 1 unspecified atom stereocenters. The second-order valence-corrected chi connectivity index (χ2v) is 5.82. The van der Waals surface area contributed by atoms with E-state index in [1.54, 1.807) is 24.5 Å². The summed E-state index contributed by atoms with van der Waals surface area (Å²) >= 11 is 5.91. The van der Waals surface area contributed by atoms with Crippen molar-refractivity contribution in [1.29, 1.82) is 0 Å². The Morgan fingerprint density at radius 2 is 1.58 bits per heavy atom. The Balaban J connectivity index is 1.92. The monoisotopic (exact) mass is 345 g/mol. The van der Waals surface area contributed by atoms with Crippen molar-refractivity contribution in [2.75, 3.05) is 0 Å². The van der Waals surface area contributed by atoms with E-state index in [1.807, 2.05) is 12.1 Å². The van der Waals surface area contributed by atoms with Gasteiger partial charge in [0, 0.05) is 29.0 Å². The van der Waals surface area contributed by atoms with Crippen molar-refractivity contribution in [3.8, 4) is 11.3 Å². The van der Waals surface area contributed by atoms with Crippen molar-refractivity contribution in [1.82, 2.24) is 9.97 Å². The Morgan fingerprint density at radius 3 is 2.25 bits per heavy atom. The molecule has 0 radical (unpaired) electrons. The molecule has 3 aromatic rings. The van der Waals surface area contributed by atoms with Gasteiger partial charge in [0.25, 0.3) is 0 Å². The van der Waals surface area contributed by atoms with E-state index >= 15 is 0 Å². The second kappa shape index (κ2) is 7.03. The molecule has 24 heavy (non-hydrogen) atoms. The van der Waals surface area contributed by atoms with Gasteiger partial charge in [-0.1, -0.05) is 23.7 Å². The fraction of sp³-hybridized carbons (Fsp3) is 0.111.